The average Bonchev–Trinajstić information content (AvgIpc) is 2.60. The van der Waals surface area contributed by atoms with E-state index < -0.39 is 0 Å². The van der Waals surface area contributed by atoms with E-state index in [4.69, 9.17) is 32.4 Å². The first-order chi connectivity index (χ1) is 12.0. The molecule has 0 aliphatic heterocycles. The van der Waals surface area contributed by atoms with Gasteiger partial charge in [0.15, 0.2) is 5.58 Å². The van der Waals surface area contributed by atoms with Crippen LogP contribution in [0, 0.1) is 0 Å². The number of ether oxygens (including phenoxy) is 1. The summed E-state index contributed by atoms with van der Waals surface area (Å²) in [7, 11) is 0. The molecule has 1 aromatic heterocycles. The van der Waals surface area contributed by atoms with E-state index in [-0.39, 0.29) is 5.43 Å². The molecule has 0 fully saturated rings. The number of halogens is 2. The minimum Gasteiger partial charge on any atom is -0.492 e. The molecule has 25 heavy (non-hydrogen) atoms. The predicted molar refractivity (Wildman–Crippen MR) is 103 cm³/mol. The third-order valence-corrected chi connectivity index (χ3v) is 4.73. The van der Waals surface area contributed by atoms with Crippen molar-refractivity contribution >= 4 is 45.1 Å². The Hall–Kier alpha value is -1.75. The predicted octanol–water partition coefficient (Wildman–Crippen LogP) is 4.97. The molecule has 2 aromatic carbocycles. The molecule has 0 bridgehead atoms. The van der Waals surface area contributed by atoms with Crippen molar-refractivity contribution in [2.75, 3.05) is 26.2 Å². The molecular formula is C19H19Cl2NO3. The molecule has 0 aliphatic rings. The lowest BCUT2D eigenvalue weighted by molar-refractivity contribution is 0.223. The molecule has 1 heterocycles. The number of fused-ring (bicyclic) bond motifs is 2. The van der Waals surface area contributed by atoms with Gasteiger partial charge in [0.2, 0.25) is 5.43 Å². The van der Waals surface area contributed by atoms with Gasteiger partial charge in [-0.1, -0.05) is 37.0 Å². The Morgan fingerprint density at radius 2 is 1.84 bits per heavy atom. The fraction of sp³-hybridized carbons (Fsp3) is 0.316. The van der Waals surface area contributed by atoms with E-state index in [1.54, 1.807) is 30.3 Å². The number of benzene rings is 2. The first-order valence-corrected chi connectivity index (χ1v) is 8.99. The van der Waals surface area contributed by atoms with Gasteiger partial charge in [-0.25, -0.2) is 0 Å². The van der Waals surface area contributed by atoms with E-state index in [2.05, 4.69) is 18.7 Å². The van der Waals surface area contributed by atoms with Crippen LogP contribution in [0.1, 0.15) is 13.8 Å². The van der Waals surface area contributed by atoms with Crippen LogP contribution in [0.2, 0.25) is 10.0 Å². The van der Waals surface area contributed by atoms with E-state index in [9.17, 15) is 4.79 Å². The first kappa shape index (κ1) is 18.1. The van der Waals surface area contributed by atoms with Crippen molar-refractivity contribution in [3.63, 3.8) is 0 Å². The molecule has 0 atom stereocenters. The van der Waals surface area contributed by atoms with Crippen molar-refractivity contribution in [3.05, 3.63) is 50.6 Å². The van der Waals surface area contributed by atoms with Crippen molar-refractivity contribution in [1.82, 2.24) is 4.90 Å². The first-order valence-electron chi connectivity index (χ1n) is 8.24. The second kappa shape index (κ2) is 7.65. The summed E-state index contributed by atoms with van der Waals surface area (Å²) in [6.07, 6.45) is 0. The van der Waals surface area contributed by atoms with E-state index in [0.29, 0.717) is 44.3 Å². The van der Waals surface area contributed by atoms with E-state index in [0.717, 1.165) is 19.6 Å². The fourth-order valence-electron chi connectivity index (χ4n) is 2.78. The molecule has 0 N–H and O–H groups in total. The lowest BCUT2D eigenvalue weighted by Gasteiger charge is -2.18. The van der Waals surface area contributed by atoms with Crippen LogP contribution in [-0.4, -0.2) is 31.1 Å². The number of likely N-dealkylation sites (N-methyl/N-ethyl adjacent to an activating group) is 1. The minimum absolute atomic E-state index is 0.157. The Morgan fingerprint density at radius 1 is 1.08 bits per heavy atom. The highest BCUT2D eigenvalue weighted by Crippen LogP contribution is 2.30. The molecule has 3 aromatic rings. The molecular weight excluding hydrogens is 361 g/mol. The molecule has 0 spiro atoms. The van der Waals surface area contributed by atoms with Crippen LogP contribution >= 0.6 is 23.2 Å². The monoisotopic (exact) mass is 379 g/mol. The van der Waals surface area contributed by atoms with Crippen LogP contribution in [-0.2, 0) is 0 Å². The SMILES string of the molecule is CCN(CC)CCOc1ccc2c(=O)c3cc(Cl)cc(Cl)c3oc2c1. The van der Waals surface area contributed by atoms with Gasteiger partial charge in [0, 0.05) is 17.6 Å². The number of nitrogens with zero attached hydrogens (tertiary/aromatic N) is 1. The largest absolute Gasteiger partial charge is 0.492 e. The summed E-state index contributed by atoms with van der Waals surface area (Å²) in [6.45, 7) is 7.63. The normalized spacial score (nSPS) is 11.6. The Balaban J connectivity index is 1.95. The summed E-state index contributed by atoms with van der Waals surface area (Å²) in [6, 6.07) is 8.35. The highest BCUT2D eigenvalue weighted by atomic mass is 35.5. The zero-order valence-electron chi connectivity index (χ0n) is 14.1. The Labute approximate surface area is 155 Å². The van der Waals surface area contributed by atoms with Crippen molar-refractivity contribution < 1.29 is 9.15 Å². The second-order valence-corrected chi connectivity index (χ2v) is 6.57. The third kappa shape index (κ3) is 3.76. The lowest BCUT2D eigenvalue weighted by atomic mass is 10.1. The zero-order valence-corrected chi connectivity index (χ0v) is 15.7. The second-order valence-electron chi connectivity index (χ2n) is 5.73. The van der Waals surface area contributed by atoms with Gasteiger partial charge in [0.1, 0.15) is 17.9 Å². The summed E-state index contributed by atoms with van der Waals surface area (Å²) in [5.41, 5.74) is 0.626. The highest BCUT2D eigenvalue weighted by Gasteiger charge is 2.12. The molecule has 0 saturated carbocycles. The molecule has 4 nitrogen and oxygen atoms in total. The van der Waals surface area contributed by atoms with Crippen molar-refractivity contribution in [3.8, 4) is 5.75 Å². The molecule has 0 aliphatic carbocycles. The van der Waals surface area contributed by atoms with Crippen molar-refractivity contribution in [2.45, 2.75) is 13.8 Å². The quantitative estimate of drug-likeness (QED) is 0.566. The Bertz CT molecular complexity index is 964. The number of hydrogen-bond donors (Lipinski definition) is 0. The molecule has 132 valence electrons. The maximum absolute atomic E-state index is 12.7. The van der Waals surface area contributed by atoms with Crippen LogP contribution in [0.3, 0.4) is 0 Å². The van der Waals surface area contributed by atoms with E-state index >= 15 is 0 Å². The zero-order chi connectivity index (χ0) is 18.0. The van der Waals surface area contributed by atoms with Crippen LogP contribution in [0.15, 0.2) is 39.5 Å². The highest BCUT2D eigenvalue weighted by molar-refractivity contribution is 6.38. The van der Waals surface area contributed by atoms with Crippen molar-refractivity contribution in [2.24, 2.45) is 0 Å². The molecule has 0 radical (unpaired) electrons. The van der Waals surface area contributed by atoms with Gasteiger partial charge in [-0.15, -0.1) is 0 Å². The Kier molecular flexibility index (Phi) is 5.52. The number of rotatable bonds is 6. The van der Waals surface area contributed by atoms with Crippen molar-refractivity contribution in [1.29, 1.82) is 0 Å². The molecule has 3 rings (SSSR count). The minimum atomic E-state index is -0.157. The molecule has 0 unspecified atom stereocenters. The third-order valence-electron chi connectivity index (χ3n) is 4.23. The summed E-state index contributed by atoms with van der Waals surface area (Å²) in [5, 5.41) is 1.57. The summed E-state index contributed by atoms with van der Waals surface area (Å²) < 4.78 is 11.6. The molecule has 0 saturated heterocycles. The topological polar surface area (TPSA) is 42.7 Å². The van der Waals surface area contributed by atoms with E-state index in [1.165, 1.54) is 0 Å². The van der Waals surface area contributed by atoms with Crippen LogP contribution in [0.4, 0.5) is 0 Å². The molecule has 0 amide bonds. The van der Waals surface area contributed by atoms with Gasteiger partial charge in [-0.2, -0.15) is 0 Å². The average molecular weight is 380 g/mol. The van der Waals surface area contributed by atoms with Gasteiger partial charge in [-0.3, -0.25) is 4.79 Å². The standard InChI is InChI=1S/C19H19Cl2NO3/c1-3-22(4-2)7-8-24-13-5-6-14-17(11-13)25-19-15(18(14)23)9-12(20)10-16(19)21/h5-6,9-11H,3-4,7-8H2,1-2H3. The van der Waals surface area contributed by atoms with Crippen LogP contribution in [0.25, 0.3) is 21.9 Å². The van der Waals surface area contributed by atoms with Crippen LogP contribution in [0.5, 0.6) is 5.75 Å². The van der Waals surface area contributed by atoms with Gasteiger partial charge in [0.05, 0.1) is 15.8 Å². The maximum Gasteiger partial charge on any atom is 0.200 e. The van der Waals surface area contributed by atoms with Crippen LogP contribution < -0.4 is 10.2 Å². The van der Waals surface area contributed by atoms with Gasteiger partial charge >= 0.3 is 0 Å². The number of hydrogen-bond acceptors (Lipinski definition) is 4. The summed E-state index contributed by atoms with van der Waals surface area (Å²) >= 11 is 12.2. The van der Waals surface area contributed by atoms with E-state index in [1.807, 2.05) is 0 Å². The fourth-order valence-corrected chi connectivity index (χ4v) is 3.32. The Morgan fingerprint density at radius 3 is 2.56 bits per heavy atom. The molecule has 6 heteroatoms. The van der Waals surface area contributed by atoms with Gasteiger partial charge in [0.25, 0.3) is 0 Å². The summed E-state index contributed by atoms with van der Waals surface area (Å²) in [5.74, 6) is 0.659. The van der Waals surface area contributed by atoms with Gasteiger partial charge < -0.3 is 14.1 Å². The maximum atomic E-state index is 12.7. The lowest BCUT2D eigenvalue weighted by Crippen LogP contribution is -2.27. The van der Waals surface area contributed by atoms with Gasteiger partial charge in [-0.05, 0) is 37.4 Å². The smallest absolute Gasteiger partial charge is 0.200 e. The summed E-state index contributed by atoms with van der Waals surface area (Å²) in [4.78, 5) is 14.9.